The molecule has 0 heterocycles. The summed E-state index contributed by atoms with van der Waals surface area (Å²) in [4.78, 5) is 0. The molecule has 1 aromatic carbocycles. The third kappa shape index (κ3) is 1.93. The van der Waals surface area contributed by atoms with E-state index in [1.54, 1.807) is 0 Å². The van der Waals surface area contributed by atoms with Crippen LogP contribution in [0.1, 0.15) is 43.4 Å². The fraction of sp³-hybridized carbons (Fsp3) is 0.625. The number of hydrogen-bond acceptors (Lipinski definition) is 2. The molecule has 0 bridgehead atoms. The van der Waals surface area contributed by atoms with Gasteiger partial charge in [0, 0.05) is 11.8 Å². The van der Waals surface area contributed by atoms with E-state index >= 15 is 0 Å². The molecular weight excluding hydrogens is 224 g/mol. The maximum Gasteiger partial charge on any atom is 0.125 e. The van der Waals surface area contributed by atoms with E-state index in [0.717, 1.165) is 18.6 Å². The molecular formula is C16H24O2. The Kier molecular flexibility index (Phi) is 3.41. The van der Waals surface area contributed by atoms with E-state index in [1.165, 1.54) is 16.7 Å². The Hall–Kier alpha value is -1.02. The second-order valence-electron chi connectivity index (χ2n) is 5.87. The molecule has 0 aromatic heterocycles. The van der Waals surface area contributed by atoms with Gasteiger partial charge in [0.05, 0.1) is 6.10 Å². The number of ether oxygens (including phenoxy) is 1. The van der Waals surface area contributed by atoms with E-state index in [4.69, 9.17) is 4.74 Å². The number of hydrogen-bond donors (Lipinski definition) is 1. The zero-order valence-electron chi connectivity index (χ0n) is 12.1. The van der Waals surface area contributed by atoms with Crippen molar-refractivity contribution in [3.05, 3.63) is 28.8 Å². The van der Waals surface area contributed by atoms with E-state index < -0.39 is 0 Å². The molecule has 2 rings (SSSR count). The van der Waals surface area contributed by atoms with Gasteiger partial charge in [0.1, 0.15) is 11.9 Å². The van der Waals surface area contributed by atoms with Crippen molar-refractivity contribution in [2.75, 3.05) is 0 Å². The lowest BCUT2D eigenvalue weighted by atomic mass is 9.63. The highest BCUT2D eigenvalue weighted by Gasteiger charge is 2.51. The highest BCUT2D eigenvalue weighted by molar-refractivity contribution is 5.44. The van der Waals surface area contributed by atoms with Gasteiger partial charge in [-0.1, -0.05) is 26.0 Å². The van der Waals surface area contributed by atoms with Crippen LogP contribution in [0, 0.1) is 26.2 Å². The predicted molar refractivity (Wildman–Crippen MR) is 74.1 cm³/mol. The average Bonchev–Trinajstić information content (AvgIpc) is 2.36. The normalized spacial score (nSPS) is 31.0. The molecule has 1 aliphatic rings. The fourth-order valence-electron chi connectivity index (χ4n) is 2.69. The van der Waals surface area contributed by atoms with Crippen LogP contribution >= 0.6 is 0 Å². The second kappa shape index (κ2) is 4.58. The maximum atomic E-state index is 9.93. The first-order valence-electron chi connectivity index (χ1n) is 6.81. The minimum absolute atomic E-state index is 0.0946. The fourth-order valence-corrected chi connectivity index (χ4v) is 2.69. The van der Waals surface area contributed by atoms with Crippen molar-refractivity contribution in [3.63, 3.8) is 0 Å². The Morgan fingerprint density at radius 1 is 1.28 bits per heavy atom. The molecule has 1 fully saturated rings. The van der Waals surface area contributed by atoms with Crippen LogP contribution in [0.15, 0.2) is 12.1 Å². The summed E-state index contributed by atoms with van der Waals surface area (Å²) in [6.45, 7) is 10.5. The van der Waals surface area contributed by atoms with Gasteiger partial charge >= 0.3 is 0 Å². The summed E-state index contributed by atoms with van der Waals surface area (Å²) >= 11 is 0. The van der Waals surface area contributed by atoms with Crippen molar-refractivity contribution >= 4 is 0 Å². The monoisotopic (exact) mass is 248 g/mol. The second-order valence-corrected chi connectivity index (χ2v) is 5.87. The summed E-state index contributed by atoms with van der Waals surface area (Å²) in [5, 5.41) is 9.93. The van der Waals surface area contributed by atoms with Crippen molar-refractivity contribution in [1.82, 2.24) is 0 Å². The molecule has 0 saturated heterocycles. The summed E-state index contributed by atoms with van der Waals surface area (Å²) in [5.74, 6) is 1.01. The van der Waals surface area contributed by atoms with Gasteiger partial charge in [0.15, 0.2) is 0 Å². The van der Waals surface area contributed by atoms with E-state index in [1.807, 2.05) is 0 Å². The first kappa shape index (κ1) is 13.4. The Morgan fingerprint density at radius 2 is 1.89 bits per heavy atom. The van der Waals surface area contributed by atoms with Crippen LogP contribution in [0.4, 0.5) is 0 Å². The highest BCUT2D eigenvalue weighted by atomic mass is 16.5. The van der Waals surface area contributed by atoms with Gasteiger partial charge in [-0.2, -0.15) is 0 Å². The van der Waals surface area contributed by atoms with Gasteiger partial charge in [-0.3, -0.25) is 0 Å². The average molecular weight is 248 g/mol. The summed E-state index contributed by atoms with van der Waals surface area (Å²) in [5.41, 5.74) is 3.56. The predicted octanol–water partition coefficient (Wildman–Crippen LogP) is 3.54. The Morgan fingerprint density at radius 3 is 2.44 bits per heavy atom. The van der Waals surface area contributed by atoms with Crippen molar-refractivity contribution in [2.45, 2.75) is 59.7 Å². The molecule has 18 heavy (non-hydrogen) atoms. The first-order chi connectivity index (χ1) is 8.40. The molecule has 3 unspecified atom stereocenters. The van der Waals surface area contributed by atoms with Crippen molar-refractivity contribution in [3.8, 4) is 5.75 Å². The molecule has 0 spiro atoms. The standard InChI is InChI=1S/C16H24O2/c1-6-16(5)13(17)9-14(16)18-15-11(3)8-7-10(2)12(15)4/h7-8,13-14,17H,6,9H2,1-5H3. The van der Waals surface area contributed by atoms with Crippen molar-refractivity contribution in [1.29, 1.82) is 0 Å². The van der Waals surface area contributed by atoms with Crippen LogP contribution in [-0.4, -0.2) is 17.3 Å². The van der Waals surface area contributed by atoms with Crippen LogP contribution in [-0.2, 0) is 0 Å². The largest absolute Gasteiger partial charge is 0.489 e. The zero-order valence-corrected chi connectivity index (χ0v) is 12.1. The van der Waals surface area contributed by atoms with Crippen LogP contribution in [0.2, 0.25) is 0 Å². The topological polar surface area (TPSA) is 29.5 Å². The van der Waals surface area contributed by atoms with Crippen LogP contribution in [0.3, 0.4) is 0 Å². The maximum absolute atomic E-state index is 9.93. The Bertz CT molecular complexity index is 453. The van der Waals surface area contributed by atoms with Crippen LogP contribution in [0.25, 0.3) is 0 Å². The molecule has 0 amide bonds. The van der Waals surface area contributed by atoms with Gasteiger partial charge in [-0.15, -0.1) is 0 Å². The number of aryl methyl sites for hydroxylation is 2. The van der Waals surface area contributed by atoms with Gasteiger partial charge in [0.25, 0.3) is 0 Å². The number of aliphatic hydroxyl groups is 1. The molecule has 1 N–H and O–H groups in total. The lowest BCUT2D eigenvalue weighted by molar-refractivity contribution is -0.147. The molecule has 3 atom stereocenters. The zero-order chi connectivity index (χ0) is 13.5. The van der Waals surface area contributed by atoms with E-state index in [2.05, 4.69) is 46.8 Å². The minimum Gasteiger partial charge on any atom is -0.489 e. The van der Waals surface area contributed by atoms with Crippen LogP contribution < -0.4 is 4.74 Å². The summed E-state index contributed by atoms with van der Waals surface area (Å²) in [7, 11) is 0. The van der Waals surface area contributed by atoms with Gasteiger partial charge in [0.2, 0.25) is 0 Å². The molecule has 1 aliphatic carbocycles. The molecule has 1 saturated carbocycles. The molecule has 1 aromatic rings. The van der Waals surface area contributed by atoms with E-state index in [-0.39, 0.29) is 17.6 Å². The highest BCUT2D eigenvalue weighted by Crippen LogP contribution is 2.46. The minimum atomic E-state index is -0.224. The SMILES string of the molecule is CCC1(C)C(O)CC1Oc1c(C)ccc(C)c1C. The van der Waals surface area contributed by atoms with Gasteiger partial charge in [-0.25, -0.2) is 0 Å². The van der Waals surface area contributed by atoms with E-state index in [9.17, 15) is 5.11 Å². The van der Waals surface area contributed by atoms with Gasteiger partial charge in [-0.05, 0) is 43.9 Å². The third-order valence-electron chi connectivity index (χ3n) is 4.83. The van der Waals surface area contributed by atoms with Crippen LogP contribution in [0.5, 0.6) is 5.75 Å². The van der Waals surface area contributed by atoms with Crippen molar-refractivity contribution < 1.29 is 9.84 Å². The van der Waals surface area contributed by atoms with Crippen molar-refractivity contribution in [2.24, 2.45) is 5.41 Å². The van der Waals surface area contributed by atoms with E-state index in [0.29, 0.717) is 0 Å². The quantitative estimate of drug-likeness (QED) is 0.886. The number of rotatable bonds is 3. The summed E-state index contributed by atoms with van der Waals surface area (Å²) in [6, 6.07) is 4.24. The molecule has 2 heteroatoms. The first-order valence-corrected chi connectivity index (χ1v) is 6.81. The number of benzene rings is 1. The molecule has 100 valence electrons. The lowest BCUT2D eigenvalue weighted by Crippen LogP contribution is -2.57. The van der Waals surface area contributed by atoms with Gasteiger partial charge < -0.3 is 9.84 Å². The number of aliphatic hydroxyl groups excluding tert-OH is 1. The third-order valence-corrected chi connectivity index (χ3v) is 4.83. The Labute approximate surface area is 110 Å². The molecule has 0 aliphatic heterocycles. The molecule has 2 nitrogen and oxygen atoms in total. The summed E-state index contributed by atoms with van der Waals surface area (Å²) < 4.78 is 6.21. The lowest BCUT2D eigenvalue weighted by Gasteiger charge is -2.50. The Balaban J connectivity index is 2.24. The molecule has 0 radical (unpaired) electrons. The smallest absolute Gasteiger partial charge is 0.125 e. The summed E-state index contributed by atoms with van der Waals surface area (Å²) in [6.07, 6.45) is 1.61.